The SMILES string of the molecule is CN(C)CC#Cc1ccc([C@@H]2[C@H](CO)N3CCCCN(C(=O)Cc4ccccn4)C[C@@H]23)cc1. The number of aromatic nitrogens is 1. The summed E-state index contributed by atoms with van der Waals surface area (Å²) in [6.07, 6.45) is 4.09. The van der Waals surface area contributed by atoms with Gasteiger partial charge < -0.3 is 10.0 Å². The minimum atomic E-state index is 0.103. The molecular weight excluding hydrogens is 412 g/mol. The monoisotopic (exact) mass is 446 g/mol. The van der Waals surface area contributed by atoms with Crippen LogP contribution in [0.5, 0.6) is 0 Å². The number of hydrogen-bond acceptors (Lipinski definition) is 5. The van der Waals surface area contributed by atoms with E-state index in [-0.39, 0.29) is 30.5 Å². The molecule has 6 heteroatoms. The molecule has 3 heterocycles. The van der Waals surface area contributed by atoms with E-state index in [4.69, 9.17) is 0 Å². The number of fused-ring (bicyclic) bond motifs is 1. The molecule has 6 nitrogen and oxygen atoms in total. The Morgan fingerprint density at radius 2 is 1.94 bits per heavy atom. The van der Waals surface area contributed by atoms with Crippen molar-refractivity contribution in [3.63, 3.8) is 0 Å². The van der Waals surface area contributed by atoms with Crippen LogP contribution in [-0.4, -0.2) is 89.7 Å². The van der Waals surface area contributed by atoms with E-state index in [0.29, 0.717) is 13.0 Å². The van der Waals surface area contributed by atoms with E-state index in [9.17, 15) is 9.90 Å². The first kappa shape index (κ1) is 23.4. The largest absolute Gasteiger partial charge is 0.395 e. The molecule has 1 N–H and O–H groups in total. The molecule has 2 aliphatic heterocycles. The highest BCUT2D eigenvalue weighted by atomic mass is 16.3. The third-order valence-corrected chi connectivity index (χ3v) is 6.70. The van der Waals surface area contributed by atoms with Gasteiger partial charge in [0.05, 0.1) is 19.6 Å². The summed E-state index contributed by atoms with van der Waals surface area (Å²) in [6, 6.07) is 14.5. The van der Waals surface area contributed by atoms with E-state index in [0.717, 1.165) is 43.7 Å². The van der Waals surface area contributed by atoms with Crippen LogP contribution in [-0.2, 0) is 11.2 Å². The van der Waals surface area contributed by atoms with Crippen LogP contribution in [0.3, 0.4) is 0 Å². The first-order chi connectivity index (χ1) is 16.1. The first-order valence-electron chi connectivity index (χ1n) is 11.8. The van der Waals surface area contributed by atoms with Crippen molar-refractivity contribution in [2.75, 3.05) is 46.9 Å². The fraction of sp³-hybridized carbons (Fsp3) is 0.481. The van der Waals surface area contributed by atoms with Crippen molar-refractivity contribution < 1.29 is 9.90 Å². The molecule has 1 aromatic carbocycles. The molecule has 2 aromatic rings. The summed E-state index contributed by atoms with van der Waals surface area (Å²) in [4.78, 5) is 23.9. The zero-order chi connectivity index (χ0) is 23.2. The van der Waals surface area contributed by atoms with Crippen LogP contribution < -0.4 is 0 Å². The second-order valence-corrected chi connectivity index (χ2v) is 9.29. The molecule has 2 saturated heterocycles. The molecule has 0 saturated carbocycles. The molecule has 3 atom stereocenters. The Bertz CT molecular complexity index is 981. The van der Waals surface area contributed by atoms with E-state index < -0.39 is 0 Å². The summed E-state index contributed by atoms with van der Waals surface area (Å²) in [5, 5.41) is 10.2. The number of carbonyl (C=O) groups is 1. The van der Waals surface area contributed by atoms with Gasteiger partial charge in [-0.1, -0.05) is 30.0 Å². The normalized spacial score (nSPS) is 23.0. The molecule has 0 bridgehead atoms. The molecule has 1 aromatic heterocycles. The van der Waals surface area contributed by atoms with E-state index in [2.05, 4.69) is 46.0 Å². The Morgan fingerprint density at radius 1 is 1.15 bits per heavy atom. The fourth-order valence-corrected chi connectivity index (χ4v) is 5.02. The van der Waals surface area contributed by atoms with E-state index >= 15 is 0 Å². The minimum Gasteiger partial charge on any atom is -0.395 e. The van der Waals surface area contributed by atoms with Crippen molar-refractivity contribution in [3.8, 4) is 11.8 Å². The molecule has 2 aliphatic rings. The van der Waals surface area contributed by atoms with Crippen molar-refractivity contribution in [1.82, 2.24) is 19.7 Å². The van der Waals surface area contributed by atoms with Crippen molar-refractivity contribution in [2.45, 2.75) is 37.3 Å². The lowest BCUT2D eigenvalue weighted by molar-refractivity contribution is -0.135. The number of rotatable bonds is 5. The highest BCUT2D eigenvalue weighted by Gasteiger charge is 2.49. The lowest BCUT2D eigenvalue weighted by Crippen LogP contribution is -2.68. The maximum absolute atomic E-state index is 13.1. The molecule has 1 amide bonds. The van der Waals surface area contributed by atoms with E-state index in [1.54, 1.807) is 6.20 Å². The quantitative estimate of drug-likeness (QED) is 0.712. The van der Waals surface area contributed by atoms with Gasteiger partial charge in [0.2, 0.25) is 5.91 Å². The lowest BCUT2D eigenvalue weighted by atomic mass is 9.74. The number of hydrogen-bond donors (Lipinski definition) is 1. The molecule has 4 rings (SSSR count). The summed E-state index contributed by atoms with van der Waals surface area (Å²) in [5.41, 5.74) is 3.03. The number of nitrogens with zero attached hydrogens (tertiary/aromatic N) is 4. The Balaban J connectivity index is 1.49. The number of aliphatic hydroxyl groups excluding tert-OH is 1. The molecular formula is C27H34N4O2. The summed E-state index contributed by atoms with van der Waals surface area (Å²) in [7, 11) is 4.02. The van der Waals surface area contributed by atoms with Crippen molar-refractivity contribution in [1.29, 1.82) is 0 Å². The lowest BCUT2D eigenvalue weighted by Gasteiger charge is -2.57. The zero-order valence-electron chi connectivity index (χ0n) is 19.7. The summed E-state index contributed by atoms with van der Waals surface area (Å²) >= 11 is 0. The van der Waals surface area contributed by atoms with Crippen LogP contribution in [0.4, 0.5) is 0 Å². The van der Waals surface area contributed by atoms with Crippen molar-refractivity contribution in [3.05, 3.63) is 65.5 Å². The van der Waals surface area contributed by atoms with Gasteiger partial charge in [0.1, 0.15) is 0 Å². The number of benzene rings is 1. The smallest absolute Gasteiger partial charge is 0.228 e. The molecule has 174 valence electrons. The standard InChI is InChI=1S/C27H34N4O2/c1-29(2)15-7-8-21-10-12-22(13-11-21)27-24-19-30(16-5-6-17-31(24)25(27)20-32)26(33)18-23-9-3-4-14-28-23/h3-4,9-14,24-25,27,32H,5-6,15-20H2,1-2H3/t24-,25-,27-/m0/s1. The van der Waals surface area contributed by atoms with Crippen LogP contribution in [0.25, 0.3) is 0 Å². The fourth-order valence-electron chi connectivity index (χ4n) is 5.02. The van der Waals surface area contributed by atoms with Crippen LogP contribution in [0, 0.1) is 11.8 Å². The highest BCUT2D eigenvalue weighted by Crippen LogP contribution is 2.42. The Kier molecular flexibility index (Phi) is 7.77. The number of aliphatic hydroxyl groups is 1. The second-order valence-electron chi connectivity index (χ2n) is 9.29. The van der Waals surface area contributed by atoms with Gasteiger partial charge in [-0.05, 0) is 63.3 Å². The maximum atomic E-state index is 13.1. The molecule has 33 heavy (non-hydrogen) atoms. The topological polar surface area (TPSA) is 59.9 Å². The van der Waals surface area contributed by atoms with Gasteiger partial charge in [0, 0.05) is 48.5 Å². The molecule has 2 fully saturated rings. The molecule has 0 aliphatic carbocycles. The third kappa shape index (κ3) is 5.62. The number of pyridine rings is 1. The predicted octanol–water partition coefficient (Wildman–Crippen LogP) is 1.99. The average Bonchev–Trinajstić information content (AvgIpc) is 2.79. The second kappa shape index (κ2) is 10.9. The van der Waals surface area contributed by atoms with Gasteiger partial charge in [-0.3, -0.25) is 19.6 Å². The molecule has 0 spiro atoms. The number of amides is 1. The number of carbonyl (C=O) groups excluding carboxylic acids is 1. The van der Waals surface area contributed by atoms with Crippen LogP contribution in [0.1, 0.15) is 35.6 Å². The molecule has 0 radical (unpaired) electrons. The van der Waals surface area contributed by atoms with Crippen molar-refractivity contribution in [2.24, 2.45) is 0 Å². The summed E-state index contributed by atoms with van der Waals surface area (Å²) < 4.78 is 0. The Morgan fingerprint density at radius 3 is 2.64 bits per heavy atom. The summed E-state index contributed by atoms with van der Waals surface area (Å²) in [6.45, 7) is 3.32. The van der Waals surface area contributed by atoms with Crippen LogP contribution in [0.15, 0.2) is 48.7 Å². The maximum Gasteiger partial charge on any atom is 0.228 e. The first-order valence-corrected chi connectivity index (χ1v) is 11.8. The Hall–Kier alpha value is -2.72. The average molecular weight is 447 g/mol. The van der Waals surface area contributed by atoms with Gasteiger partial charge in [-0.25, -0.2) is 0 Å². The van der Waals surface area contributed by atoms with E-state index in [1.807, 2.05) is 42.1 Å². The molecule has 0 unspecified atom stereocenters. The van der Waals surface area contributed by atoms with Gasteiger partial charge in [0.15, 0.2) is 0 Å². The highest BCUT2D eigenvalue weighted by molar-refractivity contribution is 5.78. The third-order valence-electron chi connectivity index (χ3n) is 6.70. The zero-order valence-corrected chi connectivity index (χ0v) is 19.7. The minimum absolute atomic E-state index is 0.103. The van der Waals surface area contributed by atoms with Gasteiger partial charge >= 0.3 is 0 Å². The van der Waals surface area contributed by atoms with Gasteiger partial charge in [-0.15, -0.1) is 0 Å². The van der Waals surface area contributed by atoms with Crippen LogP contribution >= 0.6 is 0 Å². The Labute approximate surface area is 197 Å². The van der Waals surface area contributed by atoms with Crippen LogP contribution in [0.2, 0.25) is 0 Å². The van der Waals surface area contributed by atoms with Gasteiger partial charge in [0.25, 0.3) is 0 Å². The van der Waals surface area contributed by atoms with Crippen molar-refractivity contribution >= 4 is 5.91 Å². The predicted molar refractivity (Wildman–Crippen MR) is 130 cm³/mol. The summed E-state index contributed by atoms with van der Waals surface area (Å²) in [5.74, 6) is 6.73. The van der Waals surface area contributed by atoms with Gasteiger partial charge in [-0.2, -0.15) is 0 Å². The van der Waals surface area contributed by atoms with E-state index in [1.165, 1.54) is 5.56 Å².